The lowest BCUT2D eigenvalue weighted by Crippen LogP contribution is -2.33. The first kappa shape index (κ1) is 8.75. The van der Waals surface area contributed by atoms with E-state index in [-0.39, 0.29) is 6.10 Å². The molecule has 0 amide bonds. The SMILES string of the molecule is CC(O)CNC1C=CCCC1. The summed E-state index contributed by atoms with van der Waals surface area (Å²) in [7, 11) is 0. The van der Waals surface area contributed by atoms with Crippen molar-refractivity contribution in [3.63, 3.8) is 0 Å². The van der Waals surface area contributed by atoms with E-state index in [4.69, 9.17) is 5.11 Å². The van der Waals surface area contributed by atoms with E-state index in [1.807, 2.05) is 0 Å². The van der Waals surface area contributed by atoms with Crippen LogP contribution in [0.2, 0.25) is 0 Å². The molecule has 0 radical (unpaired) electrons. The minimum atomic E-state index is -0.231. The van der Waals surface area contributed by atoms with Gasteiger partial charge in [0.05, 0.1) is 6.10 Å². The summed E-state index contributed by atoms with van der Waals surface area (Å²) >= 11 is 0. The fraction of sp³-hybridized carbons (Fsp3) is 0.778. The molecule has 0 aromatic rings. The highest BCUT2D eigenvalue weighted by atomic mass is 16.3. The Morgan fingerprint density at radius 2 is 2.55 bits per heavy atom. The van der Waals surface area contributed by atoms with Gasteiger partial charge in [-0.3, -0.25) is 0 Å². The first-order valence-electron chi connectivity index (χ1n) is 4.37. The molecule has 0 heterocycles. The standard InChI is InChI=1S/C9H17NO/c1-8(11)7-10-9-5-3-2-4-6-9/h3,5,8-11H,2,4,6-7H2,1H3. The zero-order valence-electron chi connectivity index (χ0n) is 7.09. The Labute approximate surface area is 68.3 Å². The van der Waals surface area contributed by atoms with Crippen LogP contribution < -0.4 is 5.32 Å². The number of aliphatic hydroxyl groups excluding tert-OH is 1. The van der Waals surface area contributed by atoms with Crippen LogP contribution in [-0.4, -0.2) is 23.8 Å². The van der Waals surface area contributed by atoms with E-state index < -0.39 is 0 Å². The number of nitrogens with one attached hydrogen (secondary N) is 1. The maximum atomic E-state index is 9.00. The van der Waals surface area contributed by atoms with E-state index in [1.54, 1.807) is 6.92 Å². The Hall–Kier alpha value is -0.340. The largest absolute Gasteiger partial charge is 0.392 e. The summed E-state index contributed by atoms with van der Waals surface area (Å²) < 4.78 is 0. The second kappa shape index (κ2) is 4.52. The Morgan fingerprint density at radius 1 is 1.73 bits per heavy atom. The molecule has 2 N–H and O–H groups in total. The molecule has 11 heavy (non-hydrogen) atoms. The van der Waals surface area contributed by atoms with Gasteiger partial charge in [0.15, 0.2) is 0 Å². The lowest BCUT2D eigenvalue weighted by Gasteiger charge is -2.18. The lowest BCUT2D eigenvalue weighted by molar-refractivity contribution is 0.187. The number of rotatable bonds is 3. The molecule has 0 aromatic carbocycles. The third kappa shape index (κ3) is 3.54. The highest BCUT2D eigenvalue weighted by Gasteiger charge is 2.07. The van der Waals surface area contributed by atoms with E-state index in [2.05, 4.69) is 17.5 Å². The molecule has 2 nitrogen and oxygen atoms in total. The van der Waals surface area contributed by atoms with Gasteiger partial charge in [0, 0.05) is 12.6 Å². The van der Waals surface area contributed by atoms with Crippen molar-refractivity contribution in [2.75, 3.05) is 6.54 Å². The van der Waals surface area contributed by atoms with Gasteiger partial charge < -0.3 is 10.4 Å². The van der Waals surface area contributed by atoms with Crippen LogP contribution in [0.3, 0.4) is 0 Å². The van der Waals surface area contributed by atoms with Gasteiger partial charge in [0.1, 0.15) is 0 Å². The second-order valence-corrected chi connectivity index (χ2v) is 3.22. The molecule has 2 atom stereocenters. The quantitative estimate of drug-likeness (QED) is 0.597. The molecular weight excluding hydrogens is 138 g/mol. The van der Waals surface area contributed by atoms with Crippen molar-refractivity contribution in [1.82, 2.24) is 5.32 Å². The number of allylic oxidation sites excluding steroid dienone is 1. The topological polar surface area (TPSA) is 32.3 Å². The van der Waals surface area contributed by atoms with Crippen LogP contribution in [0, 0.1) is 0 Å². The third-order valence-corrected chi connectivity index (χ3v) is 1.93. The molecule has 1 rings (SSSR count). The average molecular weight is 155 g/mol. The summed E-state index contributed by atoms with van der Waals surface area (Å²) in [6.07, 6.45) is 7.88. The first-order chi connectivity index (χ1) is 5.29. The maximum Gasteiger partial charge on any atom is 0.0636 e. The minimum Gasteiger partial charge on any atom is -0.392 e. The smallest absolute Gasteiger partial charge is 0.0636 e. The van der Waals surface area contributed by atoms with Crippen LogP contribution in [0.1, 0.15) is 26.2 Å². The minimum absolute atomic E-state index is 0.231. The van der Waals surface area contributed by atoms with Crippen molar-refractivity contribution in [3.8, 4) is 0 Å². The van der Waals surface area contributed by atoms with Gasteiger partial charge >= 0.3 is 0 Å². The Bertz CT molecular complexity index is 132. The van der Waals surface area contributed by atoms with E-state index in [9.17, 15) is 0 Å². The Kier molecular flexibility index (Phi) is 3.60. The van der Waals surface area contributed by atoms with E-state index in [0.29, 0.717) is 12.6 Å². The first-order valence-corrected chi connectivity index (χ1v) is 4.37. The van der Waals surface area contributed by atoms with Crippen LogP contribution in [0.4, 0.5) is 0 Å². The molecule has 2 unspecified atom stereocenters. The average Bonchev–Trinajstić information content (AvgIpc) is 2.03. The molecule has 1 aliphatic carbocycles. The van der Waals surface area contributed by atoms with Crippen LogP contribution in [-0.2, 0) is 0 Å². The zero-order valence-corrected chi connectivity index (χ0v) is 7.09. The molecule has 1 aliphatic rings. The summed E-state index contributed by atoms with van der Waals surface area (Å²) in [4.78, 5) is 0. The van der Waals surface area contributed by atoms with E-state index >= 15 is 0 Å². The van der Waals surface area contributed by atoms with Crippen LogP contribution in [0.5, 0.6) is 0 Å². The fourth-order valence-corrected chi connectivity index (χ4v) is 1.30. The molecular formula is C9H17NO. The summed E-state index contributed by atoms with van der Waals surface area (Å²) in [6.45, 7) is 2.51. The summed E-state index contributed by atoms with van der Waals surface area (Å²) in [5.41, 5.74) is 0. The normalized spacial score (nSPS) is 26.9. The van der Waals surface area contributed by atoms with Crippen molar-refractivity contribution in [1.29, 1.82) is 0 Å². The summed E-state index contributed by atoms with van der Waals surface area (Å²) in [5, 5.41) is 12.3. The summed E-state index contributed by atoms with van der Waals surface area (Å²) in [6, 6.07) is 0.498. The Balaban J connectivity index is 2.15. The van der Waals surface area contributed by atoms with Gasteiger partial charge in [-0.15, -0.1) is 0 Å². The van der Waals surface area contributed by atoms with E-state index in [1.165, 1.54) is 19.3 Å². The maximum absolute atomic E-state index is 9.00. The van der Waals surface area contributed by atoms with Crippen molar-refractivity contribution < 1.29 is 5.11 Å². The molecule has 0 spiro atoms. The van der Waals surface area contributed by atoms with Crippen molar-refractivity contribution >= 4 is 0 Å². The Morgan fingerprint density at radius 3 is 3.09 bits per heavy atom. The van der Waals surface area contributed by atoms with Gasteiger partial charge in [-0.05, 0) is 26.2 Å². The number of aliphatic hydroxyl groups is 1. The lowest BCUT2D eigenvalue weighted by atomic mass is 10.0. The zero-order chi connectivity index (χ0) is 8.10. The molecule has 0 aliphatic heterocycles. The second-order valence-electron chi connectivity index (χ2n) is 3.22. The molecule has 0 saturated heterocycles. The van der Waals surface area contributed by atoms with E-state index in [0.717, 1.165) is 0 Å². The molecule has 64 valence electrons. The predicted molar refractivity (Wildman–Crippen MR) is 46.5 cm³/mol. The number of hydrogen-bond donors (Lipinski definition) is 2. The van der Waals surface area contributed by atoms with Crippen LogP contribution in [0.25, 0.3) is 0 Å². The summed E-state index contributed by atoms with van der Waals surface area (Å²) in [5.74, 6) is 0. The van der Waals surface area contributed by atoms with Crippen molar-refractivity contribution in [2.24, 2.45) is 0 Å². The third-order valence-electron chi connectivity index (χ3n) is 1.93. The molecule has 2 heteroatoms. The predicted octanol–water partition coefficient (Wildman–Crippen LogP) is 1.07. The monoisotopic (exact) mass is 155 g/mol. The molecule has 0 fully saturated rings. The molecule has 0 aromatic heterocycles. The van der Waals surface area contributed by atoms with Crippen molar-refractivity contribution in [3.05, 3.63) is 12.2 Å². The highest BCUT2D eigenvalue weighted by Crippen LogP contribution is 2.09. The van der Waals surface area contributed by atoms with Gasteiger partial charge in [-0.2, -0.15) is 0 Å². The van der Waals surface area contributed by atoms with Crippen LogP contribution in [0.15, 0.2) is 12.2 Å². The number of hydrogen-bond acceptors (Lipinski definition) is 2. The van der Waals surface area contributed by atoms with Gasteiger partial charge in [0.25, 0.3) is 0 Å². The van der Waals surface area contributed by atoms with Crippen molar-refractivity contribution in [2.45, 2.75) is 38.3 Å². The van der Waals surface area contributed by atoms with Gasteiger partial charge in [-0.25, -0.2) is 0 Å². The fourth-order valence-electron chi connectivity index (χ4n) is 1.30. The van der Waals surface area contributed by atoms with Gasteiger partial charge in [0.2, 0.25) is 0 Å². The molecule has 0 bridgehead atoms. The van der Waals surface area contributed by atoms with Gasteiger partial charge in [-0.1, -0.05) is 12.2 Å². The molecule has 0 saturated carbocycles. The highest BCUT2D eigenvalue weighted by molar-refractivity contribution is 4.97. The van der Waals surface area contributed by atoms with Crippen LogP contribution >= 0.6 is 0 Å².